The highest BCUT2D eigenvalue weighted by Crippen LogP contribution is 2.65. The van der Waals surface area contributed by atoms with Gasteiger partial charge in [-0.25, -0.2) is 4.79 Å². The standard InChI is InChI=1S/C20H33NO5/c1-12-14(21-17(2,3)4)13(10-24-12)11-25-16(23)20-9-8-19(7,15(22)26-20)18(20,5)6/h12-14,21H,8-11H2,1-7H3/t12-,13-,14-,19-,20+/m0/s1. The zero-order valence-electron chi connectivity index (χ0n) is 17.1. The Bertz CT molecular complexity index is 610. The molecule has 5 atom stereocenters. The first-order chi connectivity index (χ1) is 11.8. The Hall–Kier alpha value is -1.14. The maximum atomic E-state index is 13.0. The number of rotatable bonds is 4. The van der Waals surface area contributed by atoms with Crippen LogP contribution in [0.5, 0.6) is 0 Å². The van der Waals surface area contributed by atoms with E-state index in [2.05, 4.69) is 26.1 Å². The lowest BCUT2D eigenvalue weighted by atomic mass is 9.66. The Morgan fingerprint density at radius 3 is 2.42 bits per heavy atom. The molecule has 1 aliphatic carbocycles. The molecule has 0 aromatic heterocycles. The molecule has 0 aromatic rings. The molecule has 3 fully saturated rings. The van der Waals surface area contributed by atoms with Crippen molar-refractivity contribution in [3.05, 3.63) is 0 Å². The number of hydrogen-bond acceptors (Lipinski definition) is 6. The molecule has 3 rings (SSSR count). The second-order valence-corrected chi connectivity index (χ2v) is 9.99. The molecule has 2 bridgehead atoms. The van der Waals surface area contributed by atoms with Crippen molar-refractivity contribution in [3.8, 4) is 0 Å². The number of carbonyl (C=O) groups is 2. The molecule has 0 spiro atoms. The largest absolute Gasteiger partial charge is 0.462 e. The third-order valence-corrected chi connectivity index (χ3v) is 7.03. The van der Waals surface area contributed by atoms with E-state index in [0.717, 1.165) is 0 Å². The average Bonchev–Trinajstić information content (AvgIpc) is 3.00. The second kappa shape index (κ2) is 5.93. The summed E-state index contributed by atoms with van der Waals surface area (Å²) in [4.78, 5) is 25.3. The first-order valence-corrected chi connectivity index (χ1v) is 9.64. The third kappa shape index (κ3) is 2.68. The lowest BCUT2D eigenvalue weighted by molar-refractivity contribution is -0.184. The van der Waals surface area contributed by atoms with Crippen LogP contribution in [0.25, 0.3) is 0 Å². The van der Waals surface area contributed by atoms with Crippen LogP contribution in [0.15, 0.2) is 0 Å². The van der Waals surface area contributed by atoms with Crippen molar-refractivity contribution in [2.45, 2.75) is 84.6 Å². The van der Waals surface area contributed by atoms with E-state index in [0.29, 0.717) is 19.4 Å². The topological polar surface area (TPSA) is 73.9 Å². The molecule has 0 amide bonds. The fraction of sp³-hybridized carbons (Fsp3) is 0.900. The highest BCUT2D eigenvalue weighted by molar-refractivity contribution is 5.93. The number of nitrogens with one attached hydrogen (secondary N) is 1. The summed E-state index contributed by atoms with van der Waals surface area (Å²) in [5.41, 5.74) is -2.40. The predicted molar refractivity (Wildman–Crippen MR) is 96.5 cm³/mol. The van der Waals surface area contributed by atoms with Gasteiger partial charge in [0.1, 0.15) is 0 Å². The number of ether oxygens (including phenoxy) is 3. The van der Waals surface area contributed by atoms with Crippen molar-refractivity contribution in [3.63, 3.8) is 0 Å². The predicted octanol–water partition coefficient (Wildman–Crippen LogP) is 2.44. The molecule has 3 aliphatic rings. The van der Waals surface area contributed by atoms with Crippen molar-refractivity contribution in [2.24, 2.45) is 16.7 Å². The Balaban J connectivity index is 1.69. The normalized spacial score (nSPS) is 41.3. The lowest BCUT2D eigenvalue weighted by Gasteiger charge is -2.35. The van der Waals surface area contributed by atoms with Crippen molar-refractivity contribution < 1.29 is 23.8 Å². The van der Waals surface area contributed by atoms with Crippen LogP contribution < -0.4 is 5.32 Å². The first-order valence-electron chi connectivity index (χ1n) is 9.64. The van der Waals surface area contributed by atoms with Gasteiger partial charge in [0.25, 0.3) is 0 Å². The van der Waals surface area contributed by atoms with Crippen LogP contribution in [-0.4, -0.2) is 48.4 Å². The van der Waals surface area contributed by atoms with E-state index >= 15 is 0 Å². The number of hydrogen-bond donors (Lipinski definition) is 1. The van der Waals surface area contributed by atoms with Crippen LogP contribution in [0.4, 0.5) is 0 Å². The number of esters is 2. The van der Waals surface area contributed by atoms with E-state index in [4.69, 9.17) is 14.2 Å². The highest BCUT2D eigenvalue weighted by Gasteiger charge is 2.76. The van der Waals surface area contributed by atoms with Crippen molar-refractivity contribution in [2.75, 3.05) is 13.2 Å². The molecular weight excluding hydrogens is 334 g/mol. The molecule has 26 heavy (non-hydrogen) atoms. The van der Waals surface area contributed by atoms with Crippen LogP contribution >= 0.6 is 0 Å². The minimum Gasteiger partial charge on any atom is -0.462 e. The maximum Gasteiger partial charge on any atom is 0.351 e. The summed E-state index contributed by atoms with van der Waals surface area (Å²) in [6.07, 6.45) is 1.25. The zero-order chi connectivity index (χ0) is 19.5. The van der Waals surface area contributed by atoms with Crippen molar-refractivity contribution in [1.29, 1.82) is 0 Å². The molecule has 0 aromatic carbocycles. The Morgan fingerprint density at radius 1 is 1.27 bits per heavy atom. The molecule has 2 aliphatic heterocycles. The van der Waals surface area contributed by atoms with Gasteiger partial charge in [-0.15, -0.1) is 0 Å². The van der Waals surface area contributed by atoms with E-state index in [1.165, 1.54) is 0 Å². The fourth-order valence-corrected chi connectivity index (χ4v) is 4.75. The number of fused-ring (bicyclic) bond motifs is 2. The fourth-order valence-electron chi connectivity index (χ4n) is 4.75. The zero-order valence-corrected chi connectivity index (χ0v) is 17.1. The van der Waals surface area contributed by atoms with Crippen LogP contribution in [0.3, 0.4) is 0 Å². The van der Waals surface area contributed by atoms with Crippen LogP contribution in [0, 0.1) is 16.7 Å². The maximum absolute atomic E-state index is 13.0. The average molecular weight is 367 g/mol. The summed E-state index contributed by atoms with van der Waals surface area (Å²) in [6, 6.07) is 0.119. The number of carbonyl (C=O) groups excluding carboxylic acids is 2. The van der Waals surface area contributed by atoms with Gasteiger partial charge >= 0.3 is 11.9 Å². The van der Waals surface area contributed by atoms with E-state index in [1.807, 2.05) is 27.7 Å². The molecule has 148 valence electrons. The first kappa shape index (κ1) is 19.6. The molecule has 0 radical (unpaired) electrons. The van der Waals surface area contributed by atoms with Gasteiger partial charge < -0.3 is 19.5 Å². The van der Waals surface area contributed by atoms with Crippen LogP contribution in [0.2, 0.25) is 0 Å². The summed E-state index contributed by atoms with van der Waals surface area (Å²) in [7, 11) is 0. The van der Waals surface area contributed by atoms with Gasteiger partial charge in [-0.2, -0.15) is 0 Å². The molecule has 2 heterocycles. The van der Waals surface area contributed by atoms with Gasteiger partial charge in [0.05, 0.1) is 24.7 Å². The Morgan fingerprint density at radius 2 is 1.92 bits per heavy atom. The lowest BCUT2D eigenvalue weighted by Crippen LogP contribution is -2.52. The second-order valence-electron chi connectivity index (χ2n) is 9.99. The third-order valence-electron chi connectivity index (χ3n) is 7.03. The van der Waals surface area contributed by atoms with Gasteiger partial charge in [0, 0.05) is 22.9 Å². The molecule has 1 N–H and O–H groups in total. The van der Waals surface area contributed by atoms with Crippen LogP contribution in [-0.2, 0) is 23.8 Å². The van der Waals surface area contributed by atoms with Gasteiger partial charge in [-0.1, -0.05) is 13.8 Å². The molecule has 1 saturated carbocycles. The van der Waals surface area contributed by atoms with E-state index in [9.17, 15) is 9.59 Å². The summed E-state index contributed by atoms with van der Waals surface area (Å²) in [5, 5.41) is 3.57. The highest BCUT2D eigenvalue weighted by atomic mass is 16.6. The van der Waals surface area contributed by atoms with Gasteiger partial charge in [-0.3, -0.25) is 4.79 Å². The summed E-state index contributed by atoms with van der Waals surface area (Å²) in [6.45, 7) is 15.0. The summed E-state index contributed by atoms with van der Waals surface area (Å²) in [5.74, 6) is -0.612. The van der Waals surface area contributed by atoms with Crippen molar-refractivity contribution >= 4 is 11.9 Å². The smallest absolute Gasteiger partial charge is 0.351 e. The molecular formula is C20H33NO5. The quantitative estimate of drug-likeness (QED) is 0.770. The monoisotopic (exact) mass is 367 g/mol. The molecule has 0 unspecified atom stereocenters. The Labute approximate surface area is 156 Å². The molecule has 6 heteroatoms. The van der Waals surface area contributed by atoms with Crippen molar-refractivity contribution in [1.82, 2.24) is 5.32 Å². The minimum absolute atomic E-state index is 0.0518. The Kier molecular flexibility index (Phi) is 4.47. The van der Waals surface area contributed by atoms with Crippen LogP contribution in [0.1, 0.15) is 61.3 Å². The van der Waals surface area contributed by atoms with Gasteiger partial charge in [0.15, 0.2) is 0 Å². The van der Waals surface area contributed by atoms with Gasteiger partial charge in [-0.05, 0) is 47.5 Å². The van der Waals surface area contributed by atoms with Gasteiger partial charge in [0.2, 0.25) is 5.60 Å². The minimum atomic E-state index is -1.16. The van der Waals surface area contributed by atoms with E-state index in [-0.39, 0.29) is 36.2 Å². The molecule has 6 nitrogen and oxygen atoms in total. The molecule has 2 saturated heterocycles. The summed E-state index contributed by atoms with van der Waals surface area (Å²) < 4.78 is 17.1. The SMILES string of the molecule is C[C@@H]1OC[C@@H](COC(=O)[C@@]23CC[C@@](C)(C(=O)O2)C3(C)C)[C@H]1NC(C)(C)C. The van der Waals surface area contributed by atoms with E-state index in [1.54, 1.807) is 0 Å². The summed E-state index contributed by atoms with van der Waals surface area (Å²) >= 11 is 0. The van der Waals surface area contributed by atoms with E-state index < -0.39 is 22.4 Å².